The van der Waals surface area contributed by atoms with E-state index < -0.39 is 64.5 Å². The molecule has 2 aromatic carbocycles. The summed E-state index contributed by atoms with van der Waals surface area (Å²) in [6.07, 6.45) is 2.19. The van der Waals surface area contributed by atoms with Crippen LogP contribution in [0, 0.1) is 34.9 Å². The molecule has 6 atom stereocenters. The number of nitrogens with zero attached hydrogens (tertiary/aromatic N) is 2. The third-order valence-electron chi connectivity index (χ3n) is 9.92. The molecule has 0 spiro atoms. The predicted molar refractivity (Wildman–Crippen MR) is 159 cm³/mol. The average molecular weight is 639 g/mol. The van der Waals surface area contributed by atoms with Gasteiger partial charge in [0.05, 0.1) is 40.5 Å². The van der Waals surface area contributed by atoms with Gasteiger partial charge in [0.15, 0.2) is 11.5 Å². The number of benzene rings is 2. The molecule has 1 saturated carbocycles. The zero-order chi connectivity index (χ0) is 32.4. The first-order chi connectivity index (χ1) is 21.4. The van der Waals surface area contributed by atoms with E-state index in [0.29, 0.717) is 5.56 Å². The van der Waals surface area contributed by atoms with Crippen LogP contribution in [0.15, 0.2) is 48.0 Å². The Morgan fingerprint density at radius 2 is 1.84 bits per heavy atom. The number of phenolic OH excluding ortho intramolecular Hbond substituents is 1. The summed E-state index contributed by atoms with van der Waals surface area (Å²) >= 11 is 6.04. The summed E-state index contributed by atoms with van der Waals surface area (Å²) < 4.78 is 19.7. The standard InChI is InChI=1S/C33H32ClFN2O8/c1-3-45-25-13-16(6-11-24(25)38)28-18-8-9-19-27(31(43)36(29(19)41)12-4-5-26(39)40)20(18)15-21-30(42)37(32(44)33(21,28)2)17-7-10-23(35)22(34)14-17/h6-8,10-11,13-14,19-21,27-28,38H,3-5,9,12,15H2,1-2H3,(H,39,40)/t19-,20+,21-,27-,28-,33+/m0/s1. The number of imide groups is 2. The van der Waals surface area contributed by atoms with Gasteiger partial charge in [-0.1, -0.05) is 29.3 Å². The fraction of sp³-hybridized carbons (Fsp3) is 0.424. The summed E-state index contributed by atoms with van der Waals surface area (Å²) in [5, 5.41) is 19.3. The van der Waals surface area contributed by atoms with Crippen LogP contribution in [0.3, 0.4) is 0 Å². The number of hydrogen-bond acceptors (Lipinski definition) is 7. The molecule has 2 heterocycles. The molecule has 3 fully saturated rings. The van der Waals surface area contributed by atoms with Gasteiger partial charge >= 0.3 is 5.97 Å². The number of aromatic hydroxyl groups is 1. The van der Waals surface area contributed by atoms with Crippen molar-refractivity contribution >= 4 is 46.9 Å². The second-order valence-corrected chi connectivity index (χ2v) is 12.7. The van der Waals surface area contributed by atoms with Crippen molar-refractivity contribution in [1.29, 1.82) is 0 Å². The number of aliphatic carboxylic acids is 1. The van der Waals surface area contributed by atoms with Gasteiger partial charge < -0.3 is 14.9 Å². The van der Waals surface area contributed by atoms with E-state index in [9.17, 15) is 33.5 Å². The Morgan fingerprint density at radius 3 is 2.53 bits per heavy atom. The van der Waals surface area contributed by atoms with Gasteiger partial charge in [-0.05, 0) is 74.9 Å². The highest BCUT2D eigenvalue weighted by Gasteiger charge is 2.67. The first-order valence-electron chi connectivity index (χ1n) is 15.0. The van der Waals surface area contributed by atoms with Gasteiger partial charge in [0.25, 0.3) is 0 Å². The molecule has 0 aromatic heterocycles. The maximum atomic E-state index is 14.5. The predicted octanol–water partition coefficient (Wildman–Crippen LogP) is 4.68. The third kappa shape index (κ3) is 4.70. The van der Waals surface area contributed by atoms with Gasteiger partial charge in [0.2, 0.25) is 23.6 Å². The number of fused-ring (bicyclic) bond motifs is 4. The fourth-order valence-electron chi connectivity index (χ4n) is 7.92. The highest BCUT2D eigenvalue weighted by Crippen LogP contribution is 2.64. The number of carbonyl (C=O) groups excluding carboxylic acids is 4. The molecule has 2 aliphatic carbocycles. The zero-order valence-electron chi connectivity index (χ0n) is 24.7. The summed E-state index contributed by atoms with van der Waals surface area (Å²) in [4.78, 5) is 69.2. The second kappa shape index (κ2) is 11.3. The number of allylic oxidation sites excluding steroid dienone is 2. The SMILES string of the molecule is CCOc1cc([C@H]2C3=CC[C@@H]4C(=O)N(CCCC(=O)O)C(=O)[C@@H]4[C@@H]3C[C@H]3C(=O)N(c4ccc(F)c(Cl)c4)C(=O)[C@@]23C)ccc1O. The van der Waals surface area contributed by atoms with E-state index in [1.807, 2.05) is 6.08 Å². The second-order valence-electron chi connectivity index (χ2n) is 12.2. The average Bonchev–Trinajstić information content (AvgIpc) is 3.35. The molecule has 0 bridgehead atoms. The highest BCUT2D eigenvalue weighted by atomic mass is 35.5. The molecule has 6 rings (SSSR count). The lowest BCUT2D eigenvalue weighted by Gasteiger charge is -2.49. The molecule has 4 aliphatic rings. The van der Waals surface area contributed by atoms with Crippen LogP contribution in [0.4, 0.5) is 10.1 Å². The topological polar surface area (TPSA) is 142 Å². The van der Waals surface area contributed by atoms with E-state index >= 15 is 0 Å². The molecule has 0 radical (unpaired) electrons. The van der Waals surface area contributed by atoms with Crippen molar-refractivity contribution in [3.05, 3.63) is 64.5 Å². The van der Waals surface area contributed by atoms with Crippen LogP contribution in [0.1, 0.15) is 51.0 Å². The molecule has 2 saturated heterocycles. The lowest BCUT2D eigenvalue weighted by molar-refractivity contribution is -0.142. The van der Waals surface area contributed by atoms with Crippen molar-refractivity contribution < 1.29 is 43.3 Å². The normalized spacial score (nSPS) is 29.0. The number of anilines is 1. The number of rotatable bonds is 8. The van der Waals surface area contributed by atoms with Crippen molar-refractivity contribution in [1.82, 2.24) is 4.90 Å². The minimum atomic E-state index is -1.35. The van der Waals surface area contributed by atoms with Gasteiger partial charge in [-0.2, -0.15) is 0 Å². The van der Waals surface area contributed by atoms with Crippen molar-refractivity contribution in [3.8, 4) is 11.5 Å². The number of ether oxygens (including phenoxy) is 1. The first kappa shape index (κ1) is 30.8. The summed E-state index contributed by atoms with van der Waals surface area (Å²) in [6, 6.07) is 8.39. The van der Waals surface area contributed by atoms with Crippen LogP contribution in [0.2, 0.25) is 5.02 Å². The minimum absolute atomic E-state index is 0.0181. The number of halogens is 2. The van der Waals surface area contributed by atoms with E-state index in [2.05, 4.69) is 0 Å². The molecule has 2 aliphatic heterocycles. The van der Waals surface area contributed by atoms with Gasteiger partial charge in [0.1, 0.15) is 5.82 Å². The number of amides is 4. The van der Waals surface area contributed by atoms with Gasteiger partial charge in [-0.25, -0.2) is 9.29 Å². The molecule has 2 aromatic rings. The smallest absolute Gasteiger partial charge is 0.303 e. The van der Waals surface area contributed by atoms with Crippen LogP contribution >= 0.6 is 11.6 Å². The number of carboxylic acids is 1. The lowest BCUT2D eigenvalue weighted by atomic mass is 9.51. The quantitative estimate of drug-likeness (QED) is 0.314. The number of likely N-dealkylation sites (tertiary alicyclic amines) is 1. The Labute approximate surface area is 263 Å². The molecule has 2 N–H and O–H groups in total. The Bertz CT molecular complexity index is 1680. The Morgan fingerprint density at radius 1 is 1.09 bits per heavy atom. The minimum Gasteiger partial charge on any atom is -0.504 e. The Balaban J connectivity index is 1.47. The zero-order valence-corrected chi connectivity index (χ0v) is 25.4. The number of carbonyl (C=O) groups is 5. The van der Waals surface area contributed by atoms with Crippen LogP contribution in [-0.4, -0.2) is 57.9 Å². The van der Waals surface area contributed by atoms with Crippen molar-refractivity contribution in [2.24, 2.45) is 29.1 Å². The molecule has 10 nitrogen and oxygen atoms in total. The van der Waals surface area contributed by atoms with Gasteiger partial charge in [-0.3, -0.25) is 28.9 Å². The molecule has 4 amide bonds. The van der Waals surface area contributed by atoms with E-state index in [0.717, 1.165) is 21.4 Å². The monoisotopic (exact) mass is 638 g/mol. The van der Waals surface area contributed by atoms with Crippen LogP contribution in [0.5, 0.6) is 11.5 Å². The van der Waals surface area contributed by atoms with E-state index in [-0.39, 0.29) is 67.0 Å². The fourth-order valence-corrected chi connectivity index (χ4v) is 8.10. The van der Waals surface area contributed by atoms with Crippen molar-refractivity contribution in [2.45, 2.75) is 45.4 Å². The maximum absolute atomic E-state index is 14.5. The summed E-state index contributed by atoms with van der Waals surface area (Å²) in [5.74, 6) is -7.09. The molecule has 0 unspecified atom stereocenters. The van der Waals surface area contributed by atoms with Crippen LogP contribution < -0.4 is 9.64 Å². The molecule has 12 heteroatoms. The number of carboxylic acid groups (broad SMARTS) is 1. The van der Waals surface area contributed by atoms with Crippen LogP contribution in [-0.2, 0) is 24.0 Å². The third-order valence-corrected chi connectivity index (χ3v) is 10.2. The lowest BCUT2D eigenvalue weighted by Crippen LogP contribution is -2.48. The molecular formula is C33H32ClFN2O8. The summed E-state index contributed by atoms with van der Waals surface area (Å²) in [7, 11) is 0. The summed E-state index contributed by atoms with van der Waals surface area (Å²) in [6.45, 7) is 3.72. The number of hydrogen-bond donors (Lipinski definition) is 2. The molecule has 236 valence electrons. The number of phenols is 1. The van der Waals surface area contributed by atoms with Gasteiger partial charge in [-0.15, -0.1) is 0 Å². The largest absolute Gasteiger partial charge is 0.504 e. The Kier molecular flexibility index (Phi) is 7.71. The van der Waals surface area contributed by atoms with E-state index in [4.69, 9.17) is 21.4 Å². The summed E-state index contributed by atoms with van der Waals surface area (Å²) in [5.41, 5.74) is 0.115. The highest BCUT2D eigenvalue weighted by molar-refractivity contribution is 6.31. The van der Waals surface area contributed by atoms with E-state index in [1.54, 1.807) is 26.0 Å². The van der Waals surface area contributed by atoms with Crippen LogP contribution in [0.25, 0.3) is 0 Å². The molecule has 45 heavy (non-hydrogen) atoms. The van der Waals surface area contributed by atoms with Crippen molar-refractivity contribution in [2.75, 3.05) is 18.1 Å². The van der Waals surface area contributed by atoms with Gasteiger partial charge in [0, 0.05) is 18.9 Å². The Hall–Kier alpha value is -4.25. The van der Waals surface area contributed by atoms with E-state index in [1.165, 1.54) is 18.2 Å². The first-order valence-corrected chi connectivity index (χ1v) is 15.3. The van der Waals surface area contributed by atoms with Crippen molar-refractivity contribution in [3.63, 3.8) is 0 Å². The maximum Gasteiger partial charge on any atom is 0.303 e. The molecular weight excluding hydrogens is 607 g/mol.